The fourth-order valence-electron chi connectivity index (χ4n) is 2.54. The van der Waals surface area contributed by atoms with Crippen LogP contribution in [0.15, 0.2) is 66.9 Å². The monoisotopic (exact) mass is 352 g/mol. The molecule has 5 heteroatoms. The number of nitrogens with zero attached hydrogens (tertiary/aromatic N) is 2. The molecular weight excluding hydrogens is 332 g/mol. The van der Waals surface area contributed by atoms with Crippen molar-refractivity contribution >= 4 is 23.4 Å². The van der Waals surface area contributed by atoms with E-state index in [0.29, 0.717) is 5.95 Å². The second kappa shape index (κ2) is 8.49. The van der Waals surface area contributed by atoms with Crippen molar-refractivity contribution in [1.82, 2.24) is 9.97 Å². The molecule has 0 amide bonds. The molecule has 1 unspecified atom stereocenters. The highest BCUT2D eigenvalue weighted by molar-refractivity contribution is 6.30. The van der Waals surface area contributed by atoms with Crippen LogP contribution in [0.3, 0.4) is 0 Å². The van der Waals surface area contributed by atoms with Gasteiger partial charge in [-0.25, -0.2) is 4.98 Å². The second-order valence-electron chi connectivity index (χ2n) is 5.85. The van der Waals surface area contributed by atoms with E-state index in [1.54, 1.807) is 6.20 Å². The lowest BCUT2D eigenvalue weighted by molar-refractivity contribution is 0.870. The fourth-order valence-corrected chi connectivity index (χ4v) is 2.67. The normalized spacial score (nSPS) is 11.8. The van der Waals surface area contributed by atoms with Crippen molar-refractivity contribution in [1.29, 1.82) is 0 Å². The molecule has 0 aliphatic heterocycles. The highest BCUT2D eigenvalue weighted by Gasteiger charge is 2.06. The van der Waals surface area contributed by atoms with Gasteiger partial charge >= 0.3 is 0 Å². The van der Waals surface area contributed by atoms with Crippen LogP contribution >= 0.6 is 11.6 Å². The van der Waals surface area contributed by atoms with Gasteiger partial charge in [-0.05, 0) is 42.7 Å². The highest BCUT2D eigenvalue weighted by atomic mass is 35.5. The van der Waals surface area contributed by atoms with Crippen molar-refractivity contribution in [3.8, 4) is 0 Å². The van der Waals surface area contributed by atoms with E-state index in [2.05, 4.69) is 39.7 Å². The first-order chi connectivity index (χ1) is 12.2. The average Bonchev–Trinajstić information content (AvgIpc) is 2.64. The molecule has 2 N–H and O–H groups in total. The van der Waals surface area contributed by atoms with Crippen molar-refractivity contribution in [3.05, 3.63) is 83.0 Å². The number of benzene rings is 2. The largest absolute Gasteiger partial charge is 0.363 e. The molecule has 0 bridgehead atoms. The van der Waals surface area contributed by atoms with Gasteiger partial charge in [0.05, 0.1) is 0 Å². The van der Waals surface area contributed by atoms with Gasteiger partial charge in [0.1, 0.15) is 5.82 Å². The minimum absolute atomic E-state index is 0.179. The number of nitrogens with one attached hydrogen (secondary N) is 2. The Balaban J connectivity index is 1.55. The maximum absolute atomic E-state index is 5.90. The topological polar surface area (TPSA) is 49.8 Å². The molecule has 1 atom stereocenters. The second-order valence-corrected chi connectivity index (χ2v) is 6.28. The van der Waals surface area contributed by atoms with Crippen LogP contribution in [0.4, 0.5) is 11.8 Å². The molecular formula is C20H21ClN4. The third-order valence-corrected chi connectivity index (χ3v) is 4.18. The van der Waals surface area contributed by atoms with Gasteiger partial charge in [0, 0.05) is 23.8 Å². The number of hydrogen-bond acceptors (Lipinski definition) is 4. The molecule has 3 aromatic rings. The molecule has 128 valence electrons. The zero-order valence-electron chi connectivity index (χ0n) is 14.1. The molecule has 4 nitrogen and oxygen atoms in total. The Morgan fingerprint density at radius 2 is 1.76 bits per heavy atom. The maximum atomic E-state index is 5.90. The van der Waals surface area contributed by atoms with Crippen LogP contribution in [0.25, 0.3) is 0 Å². The quantitative estimate of drug-likeness (QED) is 0.631. The smallest absolute Gasteiger partial charge is 0.224 e. The van der Waals surface area contributed by atoms with Crippen molar-refractivity contribution in [2.45, 2.75) is 19.4 Å². The van der Waals surface area contributed by atoms with Gasteiger partial charge in [-0.2, -0.15) is 4.98 Å². The van der Waals surface area contributed by atoms with E-state index in [1.165, 1.54) is 11.1 Å². The first-order valence-corrected chi connectivity index (χ1v) is 8.71. The van der Waals surface area contributed by atoms with Crippen molar-refractivity contribution in [2.75, 3.05) is 17.2 Å². The van der Waals surface area contributed by atoms with Gasteiger partial charge in [-0.3, -0.25) is 0 Å². The van der Waals surface area contributed by atoms with Crippen LogP contribution in [0.2, 0.25) is 5.02 Å². The molecule has 0 radical (unpaired) electrons. The summed E-state index contributed by atoms with van der Waals surface area (Å²) in [6.45, 7) is 2.88. The minimum atomic E-state index is 0.179. The van der Waals surface area contributed by atoms with E-state index in [9.17, 15) is 0 Å². The lowest BCUT2D eigenvalue weighted by Crippen LogP contribution is -2.11. The van der Waals surface area contributed by atoms with E-state index < -0.39 is 0 Å². The van der Waals surface area contributed by atoms with Gasteiger partial charge in [0.15, 0.2) is 0 Å². The van der Waals surface area contributed by atoms with E-state index in [4.69, 9.17) is 11.6 Å². The van der Waals surface area contributed by atoms with E-state index in [0.717, 1.165) is 23.8 Å². The summed E-state index contributed by atoms with van der Waals surface area (Å²) in [7, 11) is 0. The summed E-state index contributed by atoms with van der Waals surface area (Å²) in [5.41, 5.74) is 2.45. The predicted octanol–water partition coefficient (Wildman–Crippen LogP) is 4.96. The molecule has 0 saturated carbocycles. The van der Waals surface area contributed by atoms with Crippen LogP contribution in [-0.2, 0) is 6.42 Å². The molecule has 1 aromatic heterocycles. The van der Waals surface area contributed by atoms with Gasteiger partial charge in [0.2, 0.25) is 5.95 Å². The van der Waals surface area contributed by atoms with Crippen molar-refractivity contribution in [3.63, 3.8) is 0 Å². The molecule has 0 saturated heterocycles. The first-order valence-electron chi connectivity index (χ1n) is 8.33. The first kappa shape index (κ1) is 17.2. The van der Waals surface area contributed by atoms with Crippen LogP contribution in [0, 0.1) is 0 Å². The number of rotatable bonds is 7. The Labute approximate surface area is 153 Å². The summed E-state index contributed by atoms with van der Waals surface area (Å²) in [5, 5.41) is 7.43. The summed E-state index contributed by atoms with van der Waals surface area (Å²) < 4.78 is 0. The summed E-state index contributed by atoms with van der Waals surface area (Å²) >= 11 is 5.90. The molecule has 0 spiro atoms. The summed E-state index contributed by atoms with van der Waals surface area (Å²) in [4.78, 5) is 8.81. The standard InChI is InChI=1S/C20H21ClN4/c1-15(17-5-3-2-4-6-17)24-19-12-14-23-20(25-19)22-13-11-16-7-9-18(21)10-8-16/h2-10,12,14-15H,11,13H2,1H3,(H2,22,23,24,25). The third kappa shape index (κ3) is 5.19. The predicted molar refractivity (Wildman–Crippen MR) is 104 cm³/mol. The molecule has 0 fully saturated rings. The lowest BCUT2D eigenvalue weighted by atomic mass is 10.1. The van der Waals surface area contributed by atoms with Crippen LogP contribution in [0.1, 0.15) is 24.1 Å². The van der Waals surface area contributed by atoms with Crippen LogP contribution in [-0.4, -0.2) is 16.5 Å². The van der Waals surface area contributed by atoms with Crippen molar-refractivity contribution < 1.29 is 0 Å². The van der Waals surface area contributed by atoms with E-state index >= 15 is 0 Å². The van der Waals surface area contributed by atoms with Gasteiger partial charge < -0.3 is 10.6 Å². The van der Waals surface area contributed by atoms with Gasteiger partial charge in [-0.1, -0.05) is 54.1 Å². The molecule has 0 aliphatic carbocycles. The molecule has 2 aromatic carbocycles. The number of anilines is 2. The maximum Gasteiger partial charge on any atom is 0.224 e. The summed E-state index contributed by atoms with van der Waals surface area (Å²) in [6.07, 6.45) is 2.65. The Bertz CT molecular complexity index is 790. The number of halogens is 1. The lowest BCUT2D eigenvalue weighted by Gasteiger charge is -2.15. The van der Waals surface area contributed by atoms with Gasteiger partial charge in [0.25, 0.3) is 0 Å². The third-order valence-electron chi connectivity index (χ3n) is 3.93. The number of aromatic nitrogens is 2. The van der Waals surface area contributed by atoms with Crippen LogP contribution in [0.5, 0.6) is 0 Å². The fraction of sp³-hybridized carbons (Fsp3) is 0.200. The highest BCUT2D eigenvalue weighted by Crippen LogP contribution is 2.18. The van der Waals surface area contributed by atoms with E-state index in [-0.39, 0.29) is 6.04 Å². The minimum Gasteiger partial charge on any atom is -0.363 e. The zero-order chi connectivity index (χ0) is 17.5. The SMILES string of the molecule is CC(Nc1ccnc(NCCc2ccc(Cl)cc2)n1)c1ccccc1. The Hall–Kier alpha value is -2.59. The van der Waals surface area contributed by atoms with Crippen molar-refractivity contribution in [2.24, 2.45) is 0 Å². The Morgan fingerprint density at radius 1 is 1.00 bits per heavy atom. The van der Waals surface area contributed by atoms with Gasteiger partial charge in [-0.15, -0.1) is 0 Å². The summed E-state index contributed by atoms with van der Waals surface area (Å²) in [6, 6.07) is 20.2. The average molecular weight is 353 g/mol. The molecule has 0 aliphatic rings. The number of hydrogen-bond donors (Lipinski definition) is 2. The molecule has 1 heterocycles. The summed E-state index contributed by atoms with van der Waals surface area (Å²) in [5.74, 6) is 1.43. The Morgan fingerprint density at radius 3 is 2.52 bits per heavy atom. The molecule has 25 heavy (non-hydrogen) atoms. The zero-order valence-corrected chi connectivity index (χ0v) is 14.9. The molecule has 3 rings (SSSR count). The van der Waals surface area contributed by atoms with E-state index in [1.807, 2.05) is 48.5 Å². The van der Waals surface area contributed by atoms with Crippen LogP contribution < -0.4 is 10.6 Å². The Kier molecular flexibility index (Phi) is 5.86.